The fraction of sp³-hybridized carbons (Fsp3) is 0.179. The summed E-state index contributed by atoms with van der Waals surface area (Å²) in [7, 11) is 0. The number of rotatable bonds is 10. The molecule has 4 atom stereocenters. The van der Waals surface area contributed by atoms with Gasteiger partial charge in [0.25, 0.3) is 0 Å². The summed E-state index contributed by atoms with van der Waals surface area (Å²) in [4.78, 5) is 17.6. The minimum Gasteiger partial charge on any atom is -0.457 e. The van der Waals surface area contributed by atoms with Crippen LogP contribution in [0, 0.1) is 5.92 Å². The molecule has 3 N–H and O–H groups in total. The molecular formula is C39H35N3O5S2. The van der Waals surface area contributed by atoms with Crippen molar-refractivity contribution in [3.8, 4) is 11.5 Å². The molecule has 1 aliphatic rings. The lowest BCUT2D eigenvalue weighted by Crippen LogP contribution is -2.38. The zero-order valence-corrected chi connectivity index (χ0v) is 28.3. The molecule has 7 rings (SSSR count). The number of benzene rings is 5. The van der Waals surface area contributed by atoms with Gasteiger partial charge >= 0.3 is 6.03 Å². The van der Waals surface area contributed by atoms with E-state index >= 15 is 0 Å². The standard InChI is InChI=1S/C39H35N3O5S2/c1-25-34(24-48-39-42-33-9-5-6-10-35(33)49-39)46-37(47-36(25)27-13-11-26(23-43)12-14-27)28-15-17-29(18-16-28)40-38(44)41-30-19-21-32(22-20-30)45-31-7-3-2-4-8-31/h2-22,25,34,36-37,43H,23-24H2,1H3,(H2,40,41,44). The Morgan fingerprint density at radius 3 is 2.12 bits per heavy atom. The molecule has 8 nitrogen and oxygen atoms in total. The van der Waals surface area contributed by atoms with Crippen LogP contribution in [0.5, 0.6) is 11.5 Å². The van der Waals surface area contributed by atoms with E-state index in [4.69, 9.17) is 19.2 Å². The van der Waals surface area contributed by atoms with Gasteiger partial charge < -0.3 is 30.0 Å². The van der Waals surface area contributed by atoms with Crippen LogP contribution in [-0.2, 0) is 16.1 Å². The number of thioether (sulfide) groups is 1. The highest BCUT2D eigenvalue weighted by Crippen LogP contribution is 2.43. The monoisotopic (exact) mass is 689 g/mol. The van der Waals surface area contributed by atoms with Crippen LogP contribution in [0.25, 0.3) is 10.2 Å². The molecule has 10 heteroatoms. The number of aliphatic hydroxyl groups is 1. The van der Waals surface area contributed by atoms with Crippen LogP contribution in [0.2, 0.25) is 0 Å². The molecule has 4 unspecified atom stereocenters. The molecule has 2 amide bonds. The van der Waals surface area contributed by atoms with E-state index < -0.39 is 6.29 Å². The Morgan fingerprint density at radius 1 is 0.796 bits per heavy atom. The molecule has 0 spiro atoms. The van der Waals surface area contributed by atoms with E-state index in [0.717, 1.165) is 32.3 Å². The summed E-state index contributed by atoms with van der Waals surface area (Å²) in [5, 5.41) is 15.3. The molecule has 1 saturated heterocycles. The summed E-state index contributed by atoms with van der Waals surface area (Å²) in [6.07, 6.45) is -0.953. The van der Waals surface area contributed by atoms with Crippen LogP contribution in [0.15, 0.2) is 132 Å². The molecule has 2 heterocycles. The molecule has 5 aromatic carbocycles. The van der Waals surface area contributed by atoms with Crippen molar-refractivity contribution in [1.82, 2.24) is 4.98 Å². The van der Waals surface area contributed by atoms with Crippen LogP contribution in [0.4, 0.5) is 16.2 Å². The first-order valence-corrected chi connectivity index (χ1v) is 17.8. The third kappa shape index (κ3) is 8.13. The molecule has 6 aromatic rings. The molecule has 1 aromatic heterocycles. The number of carbonyl (C=O) groups excluding carboxylic acids is 1. The number of urea groups is 1. The van der Waals surface area contributed by atoms with E-state index in [2.05, 4.69) is 23.6 Å². The molecule has 0 saturated carbocycles. The van der Waals surface area contributed by atoms with Gasteiger partial charge in [0.2, 0.25) is 0 Å². The Hall–Kier alpha value is -4.71. The predicted octanol–water partition coefficient (Wildman–Crippen LogP) is 9.81. The first kappa shape index (κ1) is 32.8. The number of fused-ring (bicyclic) bond motifs is 1. The Kier molecular flexibility index (Phi) is 10.2. The summed E-state index contributed by atoms with van der Waals surface area (Å²) in [5.74, 6) is 2.19. The third-order valence-electron chi connectivity index (χ3n) is 8.30. The third-order valence-corrected chi connectivity index (χ3v) is 10.6. The van der Waals surface area contributed by atoms with Gasteiger partial charge in [0, 0.05) is 28.6 Å². The fourth-order valence-electron chi connectivity index (χ4n) is 5.62. The second-order valence-corrected chi connectivity index (χ2v) is 14.0. The SMILES string of the molecule is CC1C(CSc2nc3ccccc3s2)OC(c2ccc(NC(=O)Nc3ccc(Oc4ccccc4)cc3)cc2)OC1c1ccc(CO)cc1. The largest absolute Gasteiger partial charge is 0.457 e. The maximum atomic E-state index is 12.8. The first-order valence-electron chi connectivity index (χ1n) is 16.0. The number of aromatic nitrogens is 1. The normalized spacial score (nSPS) is 19.0. The van der Waals surface area contributed by atoms with Crippen LogP contribution in [-0.4, -0.2) is 28.0 Å². The number of carbonyl (C=O) groups is 1. The van der Waals surface area contributed by atoms with E-state index in [0.29, 0.717) is 22.9 Å². The fourth-order valence-corrected chi connectivity index (χ4v) is 7.88. The van der Waals surface area contributed by atoms with Gasteiger partial charge in [-0.3, -0.25) is 0 Å². The topological polar surface area (TPSA) is 102 Å². The highest BCUT2D eigenvalue weighted by Gasteiger charge is 2.38. The average molecular weight is 690 g/mol. The number of ether oxygens (including phenoxy) is 3. The van der Waals surface area contributed by atoms with Crippen molar-refractivity contribution in [3.63, 3.8) is 0 Å². The van der Waals surface area contributed by atoms with Crippen LogP contribution in [0.1, 0.15) is 36.0 Å². The first-order chi connectivity index (χ1) is 24.0. The molecule has 0 bridgehead atoms. The predicted molar refractivity (Wildman–Crippen MR) is 195 cm³/mol. The molecule has 1 fully saturated rings. The quantitative estimate of drug-likeness (QED) is 0.123. The van der Waals surface area contributed by atoms with Crippen molar-refractivity contribution in [3.05, 3.63) is 144 Å². The molecular weight excluding hydrogens is 655 g/mol. The zero-order valence-electron chi connectivity index (χ0n) is 26.7. The number of hydrogen-bond donors (Lipinski definition) is 3. The van der Waals surface area contributed by atoms with Crippen molar-refractivity contribution in [2.24, 2.45) is 5.92 Å². The summed E-state index contributed by atoms with van der Waals surface area (Å²) in [5.41, 5.74) is 5.00. The van der Waals surface area contributed by atoms with Crippen molar-refractivity contribution < 1.29 is 24.1 Å². The van der Waals surface area contributed by atoms with E-state index in [-0.39, 0.29) is 30.8 Å². The smallest absolute Gasteiger partial charge is 0.323 e. The Balaban J connectivity index is 1.01. The second kappa shape index (κ2) is 15.2. The van der Waals surface area contributed by atoms with Crippen LogP contribution >= 0.6 is 23.1 Å². The molecule has 1 aliphatic heterocycles. The number of amides is 2. The van der Waals surface area contributed by atoms with Gasteiger partial charge in [0.05, 0.1) is 29.0 Å². The number of para-hydroxylation sites is 2. The van der Waals surface area contributed by atoms with E-state index in [1.807, 2.05) is 109 Å². The van der Waals surface area contributed by atoms with Crippen molar-refractivity contribution >= 4 is 50.7 Å². The highest BCUT2D eigenvalue weighted by molar-refractivity contribution is 8.01. The lowest BCUT2D eigenvalue weighted by Gasteiger charge is -2.41. The number of anilines is 2. The van der Waals surface area contributed by atoms with Gasteiger partial charge in [-0.1, -0.05) is 85.4 Å². The number of aliphatic hydroxyl groups excluding tert-OH is 1. The lowest BCUT2D eigenvalue weighted by atomic mass is 9.91. The number of nitrogens with one attached hydrogen (secondary N) is 2. The average Bonchev–Trinajstić information content (AvgIpc) is 3.56. The minimum absolute atomic E-state index is 0.0110. The molecule has 0 radical (unpaired) electrons. The van der Waals surface area contributed by atoms with E-state index in [9.17, 15) is 9.90 Å². The van der Waals surface area contributed by atoms with Crippen LogP contribution < -0.4 is 15.4 Å². The molecule has 49 heavy (non-hydrogen) atoms. The van der Waals surface area contributed by atoms with Gasteiger partial charge in [-0.15, -0.1) is 11.3 Å². The van der Waals surface area contributed by atoms with Crippen molar-refractivity contribution in [2.45, 2.75) is 36.4 Å². The maximum Gasteiger partial charge on any atom is 0.323 e. The zero-order chi connectivity index (χ0) is 33.6. The van der Waals surface area contributed by atoms with Gasteiger partial charge in [0.15, 0.2) is 10.6 Å². The maximum absolute atomic E-state index is 12.8. The van der Waals surface area contributed by atoms with Gasteiger partial charge in [-0.05, 0) is 71.8 Å². The highest BCUT2D eigenvalue weighted by atomic mass is 32.2. The van der Waals surface area contributed by atoms with Crippen molar-refractivity contribution in [2.75, 3.05) is 16.4 Å². The van der Waals surface area contributed by atoms with E-state index in [1.54, 1.807) is 35.2 Å². The summed E-state index contributed by atoms with van der Waals surface area (Å²) < 4.78 is 21.2. The Labute approximate surface area is 293 Å². The summed E-state index contributed by atoms with van der Waals surface area (Å²) >= 11 is 3.39. The minimum atomic E-state index is -0.612. The molecule has 0 aliphatic carbocycles. The van der Waals surface area contributed by atoms with E-state index in [1.165, 1.54) is 4.70 Å². The lowest BCUT2D eigenvalue weighted by molar-refractivity contribution is -0.268. The number of hydrogen-bond acceptors (Lipinski definition) is 8. The number of thiazole rings is 1. The Bertz CT molecular complexity index is 1950. The second-order valence-electron chi connectivity index (χ2n) is 11.7. The number of nitrogens with zero attached hydrogens (tertiary/aromatic N) is 1. The van der Waals surface area contributed by atoms with Gasteiger partial charge in [-0.25, -0.2) is 9.78 Å². The molecule has 248 valence electrons. The van der Waals surface area contributed by atoms with Gasteiger partial charge in [0.1, 0.15) is 11.5 Å². The van der Waals surface area contributed by atoms with Gasteiger partial charge in [-0.2, -0.15) is 0 Å². The Morgan fingerprint density at radius 2 is 1.43 bits per heavy atom. The van der Waals surface area contributed by atoms with Crippen LogP contribution in [0.3, 0.4) is 0 Å². The van der Waals surface area contributed by atoms with Crippen molar-refractivity contribution in [1.29, 1.82) is 0 Å². The summed E-state index contributed by atoms with van der Waals surface area (Å²) in [6, 6.07) is 39.9. The summed E-state index contributed by atoms with van der Waals surface area (Å²) in [6.45, 7) is 2.14.